The molecule has 0 aliphatic rings. The molecule has 0 aliphatic carbocycles. The number of halogens is 2. The first-order chi connectivity index (χ1) is 16.8. The normalized spacial score (nSPS) is 11.5. The van der Waals surface area contributed by atoms with Crippen LogP contribution in [0.4, 0.5) is 20.2 Å². The number of hydrogen-bond donors (Lipinski definition) is 1. The molecular weight excluding hydrogens is 450 g/mol. The van der Waals surface area contributed by atoms with E-state index in [1.807, 2.05) is 19.1 Å². The SMILES string of the molecule is Cc1ccc(C(C(=O)Nc2ccc(F)cc2)N(C(=O)c2cnccn2)c2ccc(C)c(F)c2)cc1. The summed E-state index contributed by atoms with van der Waals surface area (Å²) in [5.74, 6) is -2.19. The van der Waals surface area contributed by atoms with Gasteiger partial charge in [0, 0.05) is 23.8 Å². The summed E-state index contributed by atoms with van der Waals surface area (Å²) in [7, 11) is 0. The number of aryl methyl sites for hydroxylation is 2. The van der Waals surface area contributed by atoms with Gasteiger partial charge in [-0.05, 0) is 61.4 Å². The van der Waals surface area contributed by atoms with E-state index in [4.69, 9.17) is 0 Å². The lowest BCUT2D eigenvalue weighted by Gasteiger charge is -2.31. The molecule has 1 heterocycles. The molecule has 8 heteroatoms. The van der Waals surface area contributed by atoms with Gasteiger partial charge in [0.15, 0.2) is 0 Å². The van der Waals surface area contributed by atoms with Gasteiger partial charge >= 0.3 is 0 Å². The number of hydrogen-bond acceptors (Lipinski definition) is 4. The first-order valence-corrected chi connectivity index (χ1v) is 10.8. The maximum atomic E-state index is 14.6. The Labute approximate surface area is 201 Å². The number of rotatable bonds is 6. The molecule has 4 aromatic rings. The molecule has 0 bridgehead atoms. The lowest BCUT2D eigenvalue weighted by atomic mass is 10.0. The standard InChI is InChI=1S/C27H22F2N4O2/c1-17-3-6-19(7-4-17)25(26(34)32-21-10-8-20(28)9-11-21)33(22-12-5-18(2)23(29)15-22)27(35)24-16-30-13-14-31-24/h3-16,25H,1-2H3,(H,32,34). The average Bonchev–Trinajstić information content (AvgIpc) is 2.86. The number of amides is 2. The van der Waals surface area contributed by atoms with Crippen LogP contribution in [0.3, 0.4) is 0 Å². The molecule has 0 radical (unpaired) electrons. The Balaban J connectivity index is 1.86. The van der Waals surface area contributed by atoms with Gasteiger partial charge < -0.3 is 5.32 Å². The zero-order valence-electron chi connectivity index (χ0n) is 19.1. The zero-order valence-corrected chi connectivity index (χ0v) is 19.1. The van der Waals surface area contributed by atoms with E-state index in [1.165, 1.54) is 59.9 Å². The van der Waals surface area contributed by atoms with Crippen molar-refractivity contribution in [1.82, 2.24) is 9.97 Å². The zero-order chi connectivity index (χ0) is 24.9. The highest BCUT2D eigenvalue weighted by atomic mass is 19.1. The Morgan fingerprint density at radius 1 is 0.914 bits per heavy atom. The lowest BCUT2D eigenvalue weighted by Crippen LogP contribution is -2.42. The van der Waals surface area contributed by atoms with Gasteiger partial charge in [-0.25, -0.2) is 13.8 Å². The van der Waals surface area contributed by atoms with Crippen molar-refractivity contribution in [2.75, 3.05) is 10.2 Å². The first-order valence-electron chi connectivity index (χ1n) is 10.8. The van der Waals surface area contributed by atoms with Crippen LogP contribution in [0.2, 0.25) is 0 Å². The molecule has 1 N–H and O–H groups in total. The second-order valence-electron chi connectivity index (χ2n) is 8.01. The fourth-order valence-electron chi connectivity index (χ4n) is 3.56. The minimum atomic E-state index is -1.20. The Hall–Kier alpha value is -4.46. The number of nitrogens with zero attached hydrogens (tertiary/aromatic N) is 3. The summed E-state index contributed by atoms with van der Waals surface area (Å²) < 4.78 is 28.0. The third-order valence-electron chi connectivity index (χ3n) is 5.45. The summed E-state index contributed by atoms with van der Waals surface area (Å²) in [6, 6.07) is 15.5. The van der Waals surface area contributed by atoms with Crippen molar-refractivity contribution >= 4 is 23.2 Å². The highest BCUT2D eigenvalue weighted by molar-refractivity contribution is 6.11. The van der Waals surface area contributed by atoms with E-state index in [2.05, 4.69) is 15.3 Å². The van der Waals surface area contributed by atoms with E-state index >= 15 is 0 Å². The maximum Gasteiger partial charge on any atom is 0.279 e. The molecule has 1 aromatic heterocycles. The van der Waals surface area contributed by atoms with E-state index in [1.54, 1.807) is 25.1 Å². The van der Waals surface area contributed by atoms with Crippen LogP contribution in [-0.2, 0) is 4.79 Å². The Morgan fingerprint density at radius 3 is 2.26 bits per heavy atom. The molecule has 0 saturated heterocycles. The van der Waals surface area contributed by atoms with Crippen LogP contribution in [0.1, 0.15) is 33.2 Å². The molecule has 4 rings (SSSR count). The van der Waals surface area contributed by atoms with Gasteiger partial charge in [0.25, 0.3) is 11.8 Å². The van der Waals surface area contributed by atoms with Gasteiger partial charge in [-0.15, -0.1) is 0 Å². The fourth-order valence-corrected chi connectivity index (χ4v) is 3.56. The lowest BCUT2D eigenvalue weighted by molar-refractivity contribution is -0.117. The Bertz CT molecular complexity index is 1340. The van der Waals surface area contributed by atoms with Crippen molar-refractivity contribution in [3.05, 3.63) is 119 Å². The second kappa shape index (κ2) is 10.2. The summed E-state index contributed by atoms with van der Waals surface area (Å²) in [4.78, 5) is 36.6. The van der Waals surface area contributed by atoms with Crippen LogP contribution in [0, 0.1) is 25.5 Å². The van der Waals surface area contributed by atoms with Gasteiger partial charge in [-0.3, -0.25) is 19.5 Å². The van der Waals surface area contributed by atoms with Crippen molar-refractivity contribution in [3.8, 4) is 0 Å². The van der Waals surface area contributed by atoms with Crippen molar-refractivity contribution in [1.29, 1.82) is 0 Å². The summed E-state index contributed by atoms with van der Waals surface area (Å²) in [6.07, 6.45) is 4.07. The van der Waals surface area contributed by atoms with Crippen LogP contribution < -0.4 is 10.2 Å². The summed E-state index contributed by atoms with van der Waals surface area (Å²) in [5, 5.41) is 2.74. The molecule has 0 fully saturated rings. The van der Waals surface area contributed by atoms with E-state index in [9.17, 15) is 18.4 Å². The molecule has 1 atom stereocenters. The van der Waals surface area contributed by atoms with Gasteiger partial charge in [0.1, 0.15) is 23.4 Å². The third kappa shape index (κ3) is 5.38. The predicted octanol–water partition coefficient (Wildman–Crippen LogP) is 5.40. The first kappa shape index (κ1) is 23.7. The second-order valence-corrected chi connectivity index (χ2v) is 8.01. The Morgan fingerprint density at radius 2 is 1.63 bits per heavy atom. The van der Waals surface area contributed by atoms with Crippen LogP contribution in [0.25, 0.3) is 0 Å². The molecule has 35 heavy (non-hydrogen) atoms. The van der Waals surface area contributed by atoms with Crippen LogP contribution in [0.15, 0.2) is 85.3 Å². The molecular formula is C27H22F2N4O2. The number of benzene rings is 3. The molecule has 6 nitrogen and oxygen atoms in total. The molecule has 2 amide bonds. The number of nitrogens with one attached hydrogen (secondary N) is 1. The van der Waals surface area contributed by atoms with Crippen LogP contribution in [0.5, 0.6) is 0 Å². The quantitative estimate of drug-likeness (QED) is 0.408. The molecule has 0 aliphatic heterocycles. The fraction of sp³-hybridized carbons (Fsp3) is 0.111. The summed E-state index contributed by atoms with van der Waals surface area (Å²) >= 11 is 0. The molecule has 1 unspecified atom stereocenters. The monoisotopic (exact) mass is 472 g/mol. The molecule has 3 aromatic carbocycles. The van der Waals surface area contributed by atoms with E-state index in [0.29, 0.717) is 16.8 Å². The largest absolute Gasteiger partial charge is 0.324 e. The molecule has 0 spiro atoms. The van der Waals surface area contributed by atoms with E-state index in [0.717, 1.165) is 5.56 Å². The van der Waals surface area contributed by atoms with Gasteiger partial charge in [-0.2, -0.15) is 0 Å². The Kier molecular flexibility index (Phi) is 6.91. The van der Waals surface area contributed by atoms with E-state index in [-0.39, 0.29) is 11.4 Å². The topological polar surface area (TPSA) is 75.2 Å². The van der Waals surface area contributed by atoms with Crippen molar-refractivity contribution in [2.45, 2.75) is 19.9 Å². The predicted molar refractivity (Wildman–Crippen MR) is 129 cm³/mol. The van der Waals surface area contributed by atoms with Gasteiger partial charge in [0.2, 0.25) is 0 Å². The minimum Gasteiger partial charge on any atom is -0.324 e. The maximum absolute atomic E-state index is 14.6. The van der Waals surface area contributed by atoms with Crippen molar-refractivity contribution in [2.24, 2.45) is 0 Å². The number of aromatic nitrogens is 2. The third-order valence-corrected chi connectivity index (χ3v) is 5.45. The van der Waals surface area contributed by atoms with E-state index < -0.39 is 29.5 Å². The number of carbonyl (C=O) groups is 2. The van der Waals surface area contributed by atoms with Gasteiger partial charge in [0.05, 0.1) is 6.20 Å². The highest BCUT2D eigenvalue weighted by Crippen LogP contribution is 2.31. The van der Waals surface area contributed by atoms with Crippen molar-refractivity contribution in [3.63, 3.8) is 0 Å². The number of carbonyl (C=O) groups excluding carboxylic acids is 2. The summed E-state index contributed by atoms with van der Waals surface area (Å²) in [6.45, 7) is 3.50. The average molecular weight is 472 g/mol. The number of anilines is 2. The molecule has 0 saturated carbocycles. The summed E-state index contributed by atoms with van der Waals surface area (Å²) in [5.41, 5.74) is 2.34. The van der Waals surface area contributed by atoms with Crippen LogP contribution >= 0.6 is 0 Å². The van der Waals surface area contributed by atoms with Crippen molar-refractivity contribution < 1.29 is 18.4 Å². The highest BCUT2D eigenvalue weighted by Gasteiger charge is 2.34. The smallest absolute Gasteiger partial charge is 0.279 e. The molecule has 176 valence electrons. The van der Waals surface area contributed by atoms with Gasteiger partial charge in [-0.1, -0.05) is 35.9 Å². The van der Waals surface area contributed by atoms with Crippen LogP contribution in [-0.4, -0.2) is 21.8 Å². The minimum absolute atomic E-state index is 0.0137.